The second-order valence-electron chi connectivity index (χ2n) is 3.79. The van der Waals surface area contributed by atoms with Gasteiger partial charge in [-0.2, -0.15) is 5.10 Å². The first-order chi connectivity index (χ1) is 8.84. The predicted octanol–water partition coefficient (Wildman–Crippen LogP) is 2.36. The highest BCUT2D eigenvalue weighted by Gasteiger charge is 2.00. The number of hydrogen-bond donors (Lipinski definition) is 1. The summed E-state index contributed by atoms with van der Waals surface area (Å²) in [6, 6.07) is 13.4. The number of carbonyl (C=O) groups excluding carboxylic acids is 1. The van der Waals surface area contributed by atoms with Crippen LogP contribution in [-0.2, 0) is 11.2 Å². The molecule has 0 aliphatic carbocycles. The Balaban J connectivity index is 1.73. The van der Waals surface area contributed by atoms with Gasteiger partial charge >= 0.3 is 0 Å². The molecule has 18 heavy (non-hydrogen) atoms. The van der Waals surface area contributed by atoms with Gasteiger partial charge in [0.05, 0.1) is 12.5 Å². The highest BCUT2D eigenvalue weighted by molar-refractivity contribution is 5.80. The zero-order chi connectivity index (χ0) is 12.6. The van der Waals surface area contributed by atoms with Crippen molar-refractivity contribution in [1.82, 2.24) is 5.43 Å². The summed E-state index contributed by atoms with van der Waals surface area (Å²) < 4.78 is 5.04. The number of carbonyl (C=O) groups is 1. The maximum absolute atomic E-state index is 11.5. The van der Waals surface area contributed by atoms with E-state index in [2.05, 4.69) is 10.5 Å². The summed E-state index contributed by atoms with van der Waals surface area (Å²) in [6.07, 6.45) is 4.15. The van der Waals surface area contributed by atoms with Crippen LogP contribution in [-0.4, -0.2) is 12.1 Å². The second kappa shape index (κ2) is 6.39. The zero-order valence-electron chi connectivity index (χ0n) is 9.87. The minimum Gasteiger partial charge on any atom is -0.463 e. The van der Waals surface area contributed by atoms with Gasteiger partial charge in [-0.1, -0.05) is 30.3 Å². The Labute approximate surface area is 105 Å². The molecule has 0 fully saturated rings. The normalized spacial score (nSPS) is 10.7. The molecule has 4 heteroatoms. The fraction of sp³-hybridized carbons (Fsp3) is 0.143. The van der Waals surface area contributed by atoms with Crippen LogP contribution in [0.1, 0.15) is 17.7 Å². The number of hydrogen-bond acceptors (Lipinski definition) is 3. The first-order valence-corrected chi connectivity index (χ1v) is 5.74. The minimum absolute atomic E-state index is 0.110. The molecular formula is C14H14N2O2. The number of benzene rings is 1. The largest absolute Gasteiger partial charge is 0.463 e. The highest BCUT2D eigenvalue weighted by atomic mass is 16.3. The number of furan rings is 1. The Morgan fingerprint density at radius 2 is 2.06 bits per heavy atom. The zero-order valence-corrected chi connectivity index (χ0v) is 9.87. The summed E-state index contributed by atoms with van der Waals surface area (Å²) in [4.78, 5) is 11.5. The molecule has 0 unspecified atom stereocenters. The molecule has 4 nitrogen and oxygen atoms in total. The topological polar surface area (TPSA) is 54.6 Å². The van der Waals surface area contributed by atoms with Gasteiger partial charge in [0, 0.05) is 6.42 Å². The highest BCUT2D eigenvalue weighted by Crippen LogP contribution is 2.02. The van der Waals surface area contributed by atoms with Crippen LogP contribution >= 0.6 is 0 Å². The maximum Gasteiger partial charge on any atom is 0.240 e. The molecule has 0 bridgehead atoms. The van der Waals surface area contributed by atoms with Gasteiger partial charge in [-0.25, -0.2) is 5.43 Å². The number of amides is 1. The third kappa shape index (κ3) is 3.90. The van der Waals surface area contributed by atoms with E-state index in [1.807, 2.05) is 30.3 Å². The molecule has 1 aromatic carbocycles. The summed E-state index contributed by atoms with van der Waals surface area (Å²) >= 11 is 0. The number of nitrogens with zero attached hydrogens (tertiary/aromatic N) is 1. The Hall–Kier alpha value is -2.36. The van der Waals surface area contributed by atoms with E-state index in [9.17, 15) is 4.79 Å². The van der Waals surface area contributed by atoms with Crippen molar-refractivity contribution in [2.24, 2.45) is 5.10 Å². The lowest BCUT2D eigenvalue weighted by Gasteiger charge is -2.00. The van der Waals surface area contributed by atoms with Crippen molar-refractivity contribution in [1.29, 1.82) is 0 Å². The molecule has 0 aliphatic heterocycles. The first-order valence-electron chi connectivity index (χ1n) is 5.74. The maximum atomic E-state index is 11.5. The Morgan fingerprint density at radius 3 is 2.78 bits per heavy atom. The lowest BCUT2D eigenvalue weighted by molar-refractivity contribution is -0.121. The molecule has 1 heterocycles. The van der Waals surface area contributed by atoms with E-state index in [1.54, 1.807) is 18.4 Å². The van der Waals surface area contributed by atoms with Gasteiger partial charge in [0.25, 0.3) is 0 Å². The van der Waals surface area contributed by atoms with Crippen molar-refractivity contribution in [2.75, 3.05) is 0 Å². The molecule has 0 radical (unpaired) electrons. The van der Waals surface area contributed by atoms with Crippen LogP contribution in [0.4, 0.5) is 0 Å². The van der Waals surface area contributed by atoms with E-state index in [0.717, 1.165) is 5.56 Å². The van der Waals surface area contributed by atoms with Crippen LogP contribution in [0.5, 0.6) is 0 Å². The molecule has 0 saturated heterocycles. The quantitative estimate of drug-likeness (QED) is 0.646. The Kier molecular flexibility index (Phi) is 4.30. The van der Waals surface area contributed by atoms with Crippen molar-refractivity contribution in [3.8, 4) is 0 Å². The second-order valence-corrected chi connectivity index (χ2v) is 3.79. The van der Waals surface area contributed by atoms with E-state index in [0.29, 0.717) is 18.6 Å². The summed E-state index contributed by atoms with van der Waals surface area (Å²) in [6.45, 7) is 0. The summed E-state index contributed by atoms with van der Waals surface area (Å²) in [5.74, 6) is 0.500. The third-order valence-corrected chi connectivity index (χ3v) is 2.41. The first kappa shape index (κ1) is 12.1. The van der Waals surface area contributed by atoms with Crippen LogP contribution in [0.3, 0.4) is 0 Å². The number of rotatable bonds is 5. The van der Waals surface area contributed by atoms with E-state index in [-0.39, 0.29) is 5.91 Å². The standard InChI is InChI=1S/C14H14N2O2/c17-14(9-8-12-5-2-1-3-6-12)16-15-11-13-7-4-10-18-13/h1-7,10-11H,8-9H2,(H,16,17)/b15-11-. The molecule has 2 rings (SSSR count). The number of nitrogens with one attached hydrogen (secondary N) is 1. The molecule has 0 aliphatic rings. The van der Waals surface area contributed by atoms with Gasteiger partial charge < -0.3 is 4.42 Å². The van der Waals surface area contributed by atoms with Crippen molar-refractivity contribution in [2.45, 2.75) is 12.8 Å². The van der Waals surface area contributed by atoms with Crippen LogP contribution in [0, 0.1) is 0 Å². The third-order valence-electron chi connectivity index (χ3n) is 2.41. The van der Waals surface area contributed by atoms with Crippen LogP contribution in [0.25, 0.3) is 0 Å². The van der Waals surface area contributed by atoms with E-state index < -0.39 is 0 Å². The fourth-order valence-corrected chi connectivity index (χ4v) is 1.49. The van der Waals surface area contributed by atoms with Gasteiger partial charge in [-0.05, 0) is 24.1 Å². The molecule has 92 valence electrons. The van der Waals surface area contributed by atoms with Crippen molar-refractivity contribution >= 4 is 12.1 Å². The van der Waals surface area contributed by atoms with E-state index in [1.165, 1.54) is 6.21 Å². The monoisotopic (exact) mass is 242 g/mol. The number of hydrazone groups is 1. The fourth-order valence-electron chi connectivity index (χ4n) is 1.49. The average molecular weight is 242 g/mol. The molecular weight excluding hydrogens is 228 g/mol. The molecule has 1 amide bonds. The van der Waals surface area contributed by atoms with Crippen molar-refractivity contribution in [3.05, 3.63) is 60.1 Å². The summed E-state index contributed by atoms with van der Waals surface area (Å²) in [5.41, 5.74) is 3.60. The Morgan fingerprint density at radius 1 is 1.22 bits per heavy atom. The van der Waals surface area contributed by atoms with Gasteiger partial charge in [-0.3, -0.25) is 4.79 Å². The molecule has 0 atom stereocenters. The summed E-state index contributed by atoms with van der Waals surface area (Å²) in [7, 11) is 0. The van der Waals surface area contributed by atoms with E-state index >= 15 is 0 Å². The Bertz CT molecular complexity index is 504. The van der Waals surface area contributed by atoms with Crippen molar-refractivity contribution in [3.63, 3.8) is 0 Å². The van der Waals surface area contributed by atoms with Crippen LogP contribution < -0.4 is 5.43 Å². The smallest absolute Gasteiger partial charge is 0.240 e. The van der Waals surface area contributed by atoms with Crippen LogP contribution in [0.15, 0.2) is 58.2 Å². The lowest BCUT2D eigenvalue weighted by Crippen LogP contribution is -2.17. The van der Waals surface area contributed by atoms with Gasteiger partial charge in [0.15, 0.2) is 0 Å². The van der Waals surface area contributed by atoms with Gasteiger partial charge in [-0.15, -0.1) is 0 Å². The average Bonchev–Trinajstić information content (AvgIpc) is 2.91. The molecule has 1 N–H and O–H groups in total. The van der Waals surface area contributed by atoms with Crippen LogP contribution in [0.2, 0.25) is 0 Å². The van der Waals surface area contributed by atoms with Gasteiger partial charge in [0.1, 0.15) is 5.76 Å². The number of aryl methyl sites for hydroxylation is 1. The molecule has 2 aromatic rings. The van der Waals surface area contributed by atoms with Gasteiger partial charge in [0.2, 0.25) is 5.91 Å². The van der Waals surface area contributed by atoms with E-state index in [4.69, 9.17) is 4.42 Å². The molecule has 0 spiro atoms. The van der Waals surface area contributed by atoms with Crippen molar-refractivity contribution < 1.29 is 9.21 Å². The predicted molar refractivity (Wildman–Crippen MR) is 69.2 cm³/mol. The minimum atomic E-state index is -0.110. The molecule has 0 saturated carbocycles. The summed E-state index contributed by atoms with van der Waals surface area (Å²) in [5, 5.41) is 3.81. The molecule has 1 aromatic heterocycles. The SMILES string of the molecule is O=C(CCc1ccccc1)N/N=C\c1ccco1. The lowest BCUT2D eigenvalue weighted by atomic mass is 10.1.